The molecule has 8 nitrogen and oxygen atoms in total. The first-order chi connectivity index (χ1) is 15.8. The molecule has 0 bridgehead atoms. The van der Waals surface area contributed by atoms with Gasteiger partial charge in [0.05, 0.1) is 32.3 Å². The molecule has 1 aromatic heterocycles. The van der Waals surface area contributed by atoms with Gasteiger partial charge in [-0.05, 0) is 48.9 Å². The Morgan fingerprint density at radius 2 is 1.58 bits per heavy atom. The molecule has 1 atom stereocenters. The number of sulfonamides is 1. The number of methoxy groups -OCH3 is 3. The van der Waals surface area contributed by atoms with Gasteiger partial charge in [-0.2, -0.15) is 4.31 Å². The Balaban J connectivity index is 1.86. The van der Waals surface area contributed by atoms with E-state index >= 15 is 0 Å². The number of fused-ring (bicyclic) bond motifs is 1. The maximum absolute atomic E-state index is 13.8. The molecule has 3 aromatic rings. The highest BCUT2D eigenvalue weighted by Crippen LogP contribution is 2.44. The number of carbonyl (C=O) groups is 1. The summed E-state index contributed by atoms with van der Waals surface area (Å²) in [7, 11) is 0.687. The van der Waals surface area contributed by atoms with Crippen LogP contribution >= 0.6 is 0 Å². The Hall–Kier alpha value is -3.30. The van der Waals surface area contributed by atoms with E-state index in [9.17, 15) is 13.2 Å². The molecule has 0 N–H and O–H groups in total. The van der Waals surface area contributed by atoms with Crippen molar-refractivity contribution in [2.24, 2.45) is 0 Å². The minimum atomic E-state index is -3.88. The van der Waals surface area contributed by atoms with Crippen LogP contribution in [-0.2, 0) is 16.6 Å². The van der Waals surface area contributed by atoms with Gasteiger partial charge in [-0.3, -0.25) is 4.79 Å². The molecule has 0 saturated carbocycles. The molecule has 0 spiro atoms. The summed E-state index contributed by atoms with van der Waals surface area (Å²) >= 11 is 0. The zero-order valence-corrected chi connectivity index (χ0v) is 19.8. The van der Waals surface area contributed by atoms with Gasteiger partial charge in [0, 0.05) is 30.5 Å². The van der Waals surface area contributed by atoms with E-state index in [1.807, 2.05) is 22.9 Å². The van der Waals surface area contributed by atoms with Gasteiger partial charge in [-0.25, -0.2) is 8.42 Å². The number of benzene rings is 2. The van der Waals surface area contributed by atoms with Crippen LogP contribution in [0.15, 0.2) is 59.6 Å². The molecule has 0 fully saturated rings. The van der Waals surface area contributed by atoms with E-state index in [4.69, 9.17) is 14.2 Å². The summed E-state index contributed by atoms with van der Waals surface area (Å²) in [6.45, 7) is 2.25. The minimum Gasteiger partial charge on any atom is -0.493 e. The third-order valence-electron chi connectivity index (χ3n) is 5.86. The first kappa shape index (κ1) is 22.9. The average Bonchev–Trinajstić information content (AvgIpc) is 3.31. The van der Waals surface area contributed by atoms with Crippen LogP contribution in [0, 0.1) is 0 Å². The number of hydrogen-bond acceptors (Lipinski definition) is 6. The number of carbonyl (C=O) groups excluding carboxylic acids is 1. The first-order valence-corrected chi connectivity index (χ1v) is 11.8. The fourth-order valence-corrected chi connectivity index (χ4v) is 5.79. The number of hydrogen-bond donors (Lipinski definition) is 0. The van der Waals surface area contributed by atoms with Crippen molar-refractivity contribution in [3.8, 4) is 17.2 Å². The molecule has 4 rings (SSSR count). The SMILES string of the molecule is COc1cc(C2c3cccn3CCN2S(=O)(=O)c2ccc(C(C)=O)cc2)cc(OC)c1OC. The lowest BCUT2D eigenvalue weighted by molar-refractivity contribution is 0.101. The Kier molecular flexibility index (Phi) is 6.18. The fourth-order valence-electron chi connectivity index (χ4n) is 4.21. The van der Waals surface area contributed by atoms with Crippen LogP contribution in [0.2, 0.25) is 0 Å². The van der Waals surface area contributed by atoms with E-state index in [-0.39, 0.29) is 17.2 Å². The van der Waals surface area contributed by atoms with Crippen LogP contribution in [0.3, 0.4) is 0 Å². The molecule has 0 amide bonds. The number of aromatic nitrogens is 1. The zero-order chi connectivity index (χ0) is 23.8. The Morgan fingerprint density at radius 3 is 2.12 bits per heavy atom. The summed E-state index contributed by atoms with van der Waals surface area (Å²) in [5.41, 5.74) is 1.98. The van der Waals surface area contributed by atoms with Gasteiger partial charge in [0.2, 0.25) is 15.8 Å². The highest BCUT2D eigenvalue weighted by atomic mass is 32.2. The van der Waals surface area contributed by atoms with Gasteiger partial charge < -0.3 is 18.8 Å². The third kappa shape index (κ3) is 3.98. The lowest BCUT2D eigenvalue weighted by Gasteiger charge is -2.36. The normalized spacial score (nSPS) is 16.2. The minimum absolute atomic E-state index is 0.120. The lowest BCUT2D eigenvalue weighted by Crippen LogP contribution is -2.42. The summed E-state index contributed by atoms with van der Waals surface area (Å²) in [6, 6.07) is 12.8. The van der Waals surface area contributed by atoms with E-state index in [1.54, 1.807) is 12.1 Å². The van der Waals surface area contributed by atoms with Crippen LogP contribution < -0.4 is 14.2 Å². The van der Waals surface area contributed by atoms with Gasteiger partial charge in [0.25, 0.3) is 0 Å². The molecule has 2 heterocycles. The molecule has 1 aliphatic rings. The maximum Gasteiger partial charge on any atom is 0.244 e. The third-order valence-corrected chi connectivity index (χ3v) is 7.74. The van der Waals surface area contributed by atoms with Crippen LogP contribution in [0.5, 0.6) is 17.2 Å². The lowest BCUT2D eigenvalue weighted by atomic mass is 10.0. The average molecular weight is 471 g/mol. The van der Waals surface area contributed by atoms with Crippen LogP contribution in [0.4, 0.5) is 0 Å². The summed E-state index contributed by atoms with van der Waals surface area (Å²) < 4.78 is 47.5. The molecule has 33 heavy (non-hydrogen) atoms. The molecule has 0 aliphatic carbocycles. The van der Waals surface area contributed by atoms with Gasteiger partial charge >= 0.3 is 0 Å². The van der Waals surface area contributed by atoms with Crippen LogP contribution in [-0.4, -0.2) is 50.9 Å². The highest BCUT2D eigenvalue weighted by Gasteiger charge is 2.38. The number of rotatable bonds is 7. The number of ether oxygens (including phenoxy) is 3. The molecular formula is C24H26N2O6S. The molecule has 0 saturated heterocycles. The summed E-state index contributed by atoms with van der Waals surface area (Å²) in [4.78, 5) is 11.8. The Labute approximate surface area is 193 Å². The topological polar surface area (TPSA) is 87.1 Å². The zero-order valence-electron chi connectivity index (χ0n) is 18.9. The maximum atomic E-state index is 13.8. The second-order valence-corrected chi connectivity index (χ2v) is 9.57. The standard InChI is InChI=1S/C24H26N2O6S/c1-16(27)17-7-9-19(10-8-17)33(28,29)26-13-12-25-11-5-6-20(25)23(26)18-14-21(30-2)24(32-4)22(15-18)31-3/h5-11,14-15,23H,12-13H2,1-4H3. The molecule has 2 aromatic carbocycles. The van der Waals surface area contributed by atoms with Crippen LogP contribution in [0.1, 0.15) is 34.6 Å². The van der Waals surface area contributed by atoms with Crippen molar-refractivity contribution in [2.75, 3.05) is 27.9 Å². The predicted molar refractivity (Wildman–Crippen MR) is 123 cm³/mol. The van der Waals surface area contributed by atoms with E-state index in [0.717, 1.165) is 5.69 Å². The quantitative estimate of drug-likeness (QED) is 0.491. The van der Waals surface area contributed by atoms with Crippen molar-refractivity contribution in [3.05, 3.63) is 71.5 Å². The monoisotopic (exact) mass is 470 g/mol. The highest BCUT2D eigenvalue weighted by molar-refractivity contribution is 7.89. The summed E-state index contributed by atoms with van der Waals surface area (Å²) in [5, 5.41) is 0. The van der Waals surface area contributed by atoms with Crippen molar-refractivity contribution in [2.45, 2.75) is 24.4 Å². The van der Waals surface area contributed by atoms with E-state index < -0.39 is 16.1 Å². The van der Waals surface area contributed by atoms with Gasteiger partial charge in [0.1, 0.15) is 0 Å². The van der Waals surface area contributed by atoms with Gasteiger partial charge in [0.15, 0.2) is 17.3 Å². The molecule has 174 valence electrons. The van der Waals surface area contributed by atoms with Crippen molar-refractivity contribution >= 4 is 15.8 Å². The van der Waals surface area contributed by atoms with Crippen molar-refractivity contribution < 1.29 is 27.4 Å². The number of nitrogens with zero attached hydrogens (tertiary/aromatic N) is 2. The molecule has 0 radical (unpaired) electrons. The number of ketones is 1. The van der Waals surface area contributed by atoms with Crippen molar-refractivity contribution in [1.29, 1.82) is 0 Å². The second-order valence-electron chi connectivity index (χ2n) is 7.68. The first-order valence-electron chi connectivity index (χ1n) is 10.4. The summed E-state index contributed by atoms with van der Waals surface area (Å²) in [5.74, 6) is 1.20. The second kappa shape index (κ2) is 8.92. The van der Waals surface area contributed by atoms with Crippen molar-refractivity contribution in [3.63, 3.8) is 0 Å². The predicted octanol–water partition coefficient (Wildman–Crippen LogP) is 3.51. The smallest absolute Gasteiger partial charge is 0.244 e. The molecule has 9 heteroatoms. The summed E-state index contributed by atoms with van der Waals surface area (Å²) in [6.07, 6.45) is 1.94. The van der Waals surface area contributed by atoms with E-state index in [0.29, 0.717) is 34.9 Å². The fraction of sp³-hybridized carbons (Fsp3) is 0.292. The Bertz CT molecular complexity index is 1260. The molecule has 1 aliphatic heterocycles. The largest absolute Gasteiger partial charge is 0.493 e. The van der Waals surface area contributed by atoms with Gasteiger partial charge in [-0.1, -0.05) is 12.1 Å². The molecule has 1 unspecified atom stereocenters. The van der Waals surface area contributed by atoms with E-state index in [1.165, 1.54) is 56.8 Å². The van der Waals surface area contributed by atoms with E-state index in [2.05, 4.69) is 0 Å². The number of Topliss-reactive ketones (excluding diaryl/α,β-unsaturated/α-hetero) is 1. The van der Waals surface area contributed by atoms with Crippen molar-refractivity contribution in [1.82, 2.24) is 8.87 Å². The van der Waals surface area contributed by atoms with Gasteiger partial charge in [-0.15, -0.1) is 0 Å². The Morgan fingerprint density at radius 1 is 0.939 bits per heavy atom. The van der Waals surface area contributed by atoms with Crippen LogP contribution in [0.25, 0.3) is 0 Å². The molecular weight excluding hydrogens is 444 g/mol.